The molecule has 0 bridgehead atoms. The number of benzene rings is 2. The van der Waals surface area contributed by atoms with Gasteiger partial charge in [-0.25, -0.2) is 19.7 Å². The smallest absolute Gasteiger partial charge is 0.329 e. The number of carbonyl (C=O) groups excluding carboxylic acids is 2. The molecule has 0 aliphatic carbocycles. The van der Waals surface area contributed by atoms with Gasteiger partial charge in [0.2, 0.25) is 5.91 Å². The van der Waals surface area contributed by atoms with Crippen LogP contribution in [0.5, 0.6) is 5.75 Å². The third-order valence-corrected chi connectivity index (χ3v) is 12.0. The van der Waals surface area contributed by atoms with Crippen molar-refractivity contribution in [2.45, 2.75) is 50.5 Å². The number of allylic oxidation sites excluding steroid dienone is 1. The summed E-state index contributed by atoms with van der Waals surface area (Å²) >= 11 is 1.63. The van der Waals surface area contributed by atoms with Crippen LogP contribution in [0.15, 0.2) is 66.0 Å². The molecule has 6 heterocycles. The molecule has 3 aliphatic heterocycles. The molecule has 52 heavy (non-hydrogen) atoms. The lowest BCUT2D eigenvalue weighted by atomic mass is 9.87. The molecular formula is C38H43N9O4S. The highest BCUT2D eigenvalue weighted by molar-refractivity contribution is 7.22. The van der Waals surface area contributed by atoms with E-state index < -0.39 is 6.04 Å². The molecule has 8 rings (SSSR count). The Morgan fingerprint density at radius 2 is 1.88 bits per heavy atom. The topological polar surface area (TPSA) is 140 Å². The number of rotatable bonds is 8. The molecule has 2 amide bonds. The Balaban J connectivity index is 0.880. The molecule has 5 aromatic rings. The number of nitrogens with one attached hydrogen (secondary N) is 2. The normalized spacial score (nSPS) is 19.3. The average molecular weight is 722 g/mol. The zero-order valence-electron chi connectivity index (χ0n) is 29.5. The second-order valence-electron chi connectivity index (χ2n) is 14.1. The molecule has 3 aliphatic rings. The maximum absolute atomic E-state index is 13.5. The van der Waals surface area contributed by atoms with Crippen molar-refractivity contribution in [2.24, 2.45) is 13.0 Å². The summed E-state index contributed by atoms with van der Waals surface area (Å²) in [6.45, 7) is 8.95. The number of thiazole rings is 1. The second-order valence-corrected chi connectivity index (χ2v) is 15.2. The number of anilines is 2. The summed E-state index contributed by atoms with van der Waals surface area (Å²) in [5, 5.41) is 6.75. The summed E-state index contributed by atoms with van der Waals surface area (Å²) in [6.07, 6.45) is 8.43. The van der Waals surface area contributed by atoms with Crippen LogP contribution in [-0.2, 0) is 11.8 Å². The van der Waals surface area contributed by atoms with Gasteiger partial charge in [-0.3, -0.25) is 18.7 Å². The third-order valence-electron chi connectivity index (χ3n) is 11.0. The molecule has 1 atom stereocenters. The number of carbonyl (C=O) groups is 2. The molecule has 3 fully saturated rings. The SMILES string of the molecule is C=C1CCC(n2c(=O)n(C)c3c(C4CCN(CC5CCN(c6nc7cc(OC)c(NC(=O)c8ccncn8)cc7s6)CC5)CC4)cccc32)C(=O)N1. The van der Waals surface area contributed by atoms with Crippen molar-refractivity contribution in [3.8, 4) is 5.75 Å². The van der Waals surface area contributed by atoms with Gasteiger partial charge < -0.3 is 25.2 Å². The zero-order chi connectivity index (χ0) is 35.9. The fraction of sp³-hybridized carbons (Fsp3) is 0.421. The van der Waals surface area contributed by atoms with Crippen LogP contribution < -0.4 is 26.0 Å². The first-order chi connectivity index (χ1) is 25.3. The molecule has 2 N–H and O–H groups in total. The highest BCUT2D eigenvalue weighted by Crippen LogP contribution is 2.38. The van der Waals surface area contributed by atoms with Crippen molar-refractivity contribution in [3.05, 3.63) is 82.9 Å². The van der Waals surface area contributed by atoms with Crippen LogP contribution in [0.3, 0.4) is 0 Å². The van der Waals surface area contributed by atoms with Gasteiger partial charge in [-0.1, -0.05) is 30.0 Å². The second kappa shape index (κ2) is 14.2. The minimum atomic E-state index is -0.521. The van der Waals surface area contributed by atoms with E-state index in [0.29, 0.717) is 41.8 Å². The molecule has 13 nitrogen and oxygen atoms in total. The van der Waals surface area contributed by atoms with Crippen molar-refractivity contribution in [2.75, 3.05) is 50.1 Å². The third kappa shape index (κ3) is 6.45. The molecular weight excluding hydrogens is 679 g/mol. The summed E-state index contributed by atoms with van der Waals surface area (Å²) in [5.41, 5.74) is 5.27. The van der Waals surface area contributed by atoms with Gasteiger partial charge in [0.1, 0.15) is 23.8 Å². The van der Waals surface area contributed by atoms with Crippen LogP contribution in [0.4, 0.5) is 10.8 Å². The molecule has 14 heteroatoms. The monoisotopic (exact) mass is 721 g/mol. The predicted molar refractivity (Wildman–Crippen MR) is 202 cm³/mol. The number of methoxy groups -OCH3 is 1. The highest BCUT2D eigenvalue weighted by Gasteiger charge is 2.32. The molecule has 1 unspecified atom stereocenters. The molecule has 3 aromatic heterocycles. The molecule has 3 saturated heterocycles. The lowest BCUT2D eigenvalue weighted by molar-refractivity contribution is -0.124. The van der Waals surface area contributed by atoms with E-state index >= 15 is 0 Å². The minimum absolute atomic E-state index is 0.141. The number of ether oxygens (including phenoxy) is 1. The van der Waals surface area contributed by atoms with Crippen molar-refractivity contribution < 1.29 is 14.3 Å². The average Bonchev–Trinajstić information content (AvgIpc) is 3.69. The van der Waals surface area contributed by atoms with E-state index in [-0.39, 0.29) is 23.2 Å². The van der Waals surface area contributed by atoms with Gasteiger partial charge in [-0.05, 0) is 87.2 Å². The Kier molecular flexibility index (Phi) is 9.26. The molecule has 0 radical (unpaired) electrons. The van der Waals surface area contributed by atoms with Gasteiger partial charge in [0, 0.05) is 44.6 Å². The number of nitrogens with zero attached hydrogens (tertiary/aromatic N) is 7. The molecule has 270 valence electrons. The lowest BCUT2D eigenvalue weighted by Crippen LogP contribution is -2.41. The number of para-hydroxylation sites is 1. The Bertz CT molecular complexity index is 2210. The zero-order valence-corrected chi connectivity index (χ0v) is 30.3. The quantitative estimate of drug-likeness (QED) is 0.225. The van der Waals surface area contributed by atoms with E-state index in [1.165, 1.54) is 18.1 Å². The number of likely N-dealkylation sites (tertiary alicyclic amines) is 1. The summed E-state index contributed by atoms with van der Waals surface area (Å²) in [5.74, 6) is 1.05. The van der Waals surface area contributed by atoms with Gasteiger partial charge in [0.25, 0.3) is 5.91 Å². The van der Waals surface area contributed by atoms with Crippen molar-refractivity contribution >= 4 is 55.2 Å². The fourth-order valence-electron chi connectivity index (χ4n) is 8.16. The minimum Gasteiger partial charge on any atom is -0.494 e. The van der Waals surface area contributed by atoms with Crippen LogP contribution >= 0.6 is 11.3 Å². The van der Waals surface area contributed by atoms with Crippen LogP contribution in [0.25, 0.3) is 21.3 Å². The van der Waals surface area contributed by atoms with Crippen molar-refractivity contribution in [3.63, 3.8) is 0 Å². The van der Waals surface area contributed by atoms with E-state index in [1.54, 1.807) is 33.6 Å². The van der Waals surface area contributed by atoms with Gasteiger partial charge in [-0.2, -0.15) is 0 Å². The highest BCUT2D eigenvalue weighted by atomic mass is 32.1. The van der Waals surface area contributed by atoms with Crippen molar-refractivity contribution in [1.82, 2.24) is 34.3 Å². The standard InChI is InChI=1S/C38H43N9O4S/c1-23-7-8-31(36(49)41-23)47-30-6-4-5-26(34(30)44(2)38(47)50)25-12-15-45(16-13-25)21-24-10-17-46(18-11-24)37-43-29-19-32(51-3)28(20-33(29)52-37)42-35(48)27-9-14-39-22-40-27/h4-6,9,14,19-20,22,24-25,31H,1,7-8,10-13,15-18,21H2,2-3H3,(H,41,49)(H,42,48). The molecule has 0 spiro atoms. The maximum atomic E-state index is 13.5. The van der Waals surface area contributed by atoms with E-state index in [9.17, 15) is 14.4 Å². The van der Waals surface area contributed by atoms with E-state index in [1.807, 2.05) is 31.3 Å². The van der Waals surface area contributed by atoms with Gasteiger partial charge >= 0.3 is 5.69 Å². The Morgan fingerprint density at radius 3 is 2.62 bits per heavy atom. The summed E-state index contributed by atoms with van der Waals surface area (Å²) in [6, 6.07) is 11.0. The Morgan fingerprint density at radius 1 is 1.08 bits per heavy atom. The number of imidazole rings is 1. The number of amides is 2. The first-order valence-electron chi connectivity index (χ1n) is 18.0. The summed E-state index contributed by atoms with van der Waals surface area (Å²) < 4.78 is 10.00. The van der Waals surface area contributed by atoms with E-state index in [2.05, 4.69) is 43.0 Å². The van der Waals surface area contributed by atoms with Crippen LogP contribution in [0, 0.1) is 5.92 Å². The first kappa shape index (κ1) is 34.0. The van der Waals surface area contributed by atoms with Gasteiger partial charge in [-0.15, -0.1) is 0 Å². The number of hydrogen-bond donors (Lipinski definition) is 2. The van der Waals surface area contributed by atoms with Crippen molar-refractivity contribution in [1.29, 1.82) is 0 Å². The largest absolute Gasteiger partial charge is 0.494 e. The van der Waals surface area contributed by atoms with E-state index in [0.717, 1.165) is 84.8 Å². The van der Waals surface area contributed by atoms with Gasteiger partial charge in [0.05, 0.1) is 34.0 Å². The van der Waals surface area contributed by atoms with Gasteiger partial charge in [0.15, 0.2) is 5.13 Å². The van der Waals surface area contributed by atoms with Crippen LogP contribution in [0.1, 0.15) is 66.5 Å². The number of aromatic nitrogens is 5. The van der Waals surface area contributed by atoms with E-state index in [4.69, 9.17) is 9.72 Å². The van der Waals surface area contributed by atoms with Crippen LogP contribution in [-0.4, -0.2) is 80.6 Å². The number of piperidine rings is 3. The Hall–Kier alpha value is -5.08. The Labute approximate surface area is 305 Å². The number of aryl methyl sites for hydroxylation is 1. The maximum Gasteiger partial charge on any atom is 0.329 e. The lowest BCUT2D eigenvalue weighted by Gasteiger charge is -2.38. The number of hydrogen-bond acceptors (Lipinski definition) is 10. The fourth-order valence-corrected chi connectivity index (χ4v) is 9.20. The van der Waals surface area contributed by atoms with Crippen LogP contribution in [0.2, 0.25) is 0 Å². The predicted octanol–water partition coefficient (Wildman–Crippen LogP) is 5.06. The molecule has 0 saturated carbocycles. The number of fused-ring (bicyclic) bond motifs is 2. The summed E-state index contributed by atoms with van der Waals surface area (Å²) in [7, 11) is 3.42. The summed E-state index contributed by atoms with van der Waals surface area (Å²) in [4.78, 5) is 57.0. The molecule has 2 aromatic carbocycles. The first-order valence-corrected chi connectivity index (χ1v) is 18.8.